The average molecular weight is 390 g/mol. The van der Waals surface area contributed by atoms with Gasteiger partial charge in [-0.15, -0.1) is 0 Å². The third-order valence-corrected chi connectivity index (χ3v) is 6.74. The van der Waals surface area contributed by atoms with Crippen LogP contribution in [0.3, 0.4) is 0 Å². The highest BCUT2D eigenvalue weighted by Gasteiger charge is 2.50. The molecule has 0 radical (unpaired) electrons. The Hall–Kier alpha value is -1.82. The second-order valence-electron chi connectivity index (χ2n) is 7.05. The van der Waals surface area contributed by atoms with Crippen molar-refractivity contribution in [1.82, 2.24) is 0 Å². The maximum Gasteiger partial charge on any atom is 0.238 e. The molecule has 0 bridgehead atoms. The molecule has 0 aromatic heterocycles. The van der Waals surface area contributed by atoms with Gasteiger partial charge in [0.15, 0.2) is 0 Å². The zero-order chi connectivity index (χ0) is 18.5. The van der Waals surface area contributed by atoms with Crippen LogP contribution < -0.4 is 9.88 Å². The van der Waals surface area contributed by atoms with Crippen LogP contribution in [-0.2, 0) is 10.0 Å². The second-order valence-corrected chi connectivity index (χ2v) is 9.02. The molecule has 1 spiro atoms. The van der Waals surface area contributed by atoms with Crippen molar-refractivity contribution in [3.8, 4) is 5.75 Å². The summed E-state index contributed by atoms with van der Waals surface area (Å²) in [6.07, 6.45) is 4.47. The van der Waals surface area contributed by atoms with Gasteiger partial charge in [0.25, 0.3) is 0 Å². The van der Waals surface area contributed by atoms with Gasteiger partial charge in [0.05, 0.1) is 17.0 Å². The number of halogens is 1. The molecule has 0 aliphatic heterocycles. The fourth-order valence-corrected chi connectivity index (χ4v) is 4.80. The fourth-order valence-electron chi connectivity index (χ4n) is 4.02. The predicted molar refractivity (Wildman–Crippen MR) is 104 cm³/mol. The first-order chi connectivity index (χ1) is 12.3. The van der Waals surface area contributed by atoms with E-state index in [-0.39, 0.29) is 10.3 Å². The molecule has 0 saturated heterocycles. The summed E-state index contributed by atoms with van der Waals surface area (Å²) in [5.41, 5.74) is 5.01. The molecular formula is C20H20ClNO3S. The van der Waals surface area contributed by atoms with Gasteiger partial charge in [-0.3, -0.25) is 0 Å². The molecule has 2 N–H and O–H groups in total. The van der Waals surface area contributed by atoms with E-state index in [1.165, 1.54) is 24.0 Å². The SMILES string of the molecule is COc1ccc(C2=C(c3ccc(S(N)(=O)=O)cc3)CCC23CC3)cc1Cl. The highest BCUT2D eigenvalue weighted by molar-refractivity contribution is 7.89. The van der Waals surface area contributed by atoms with Gasteiger partial charge in [0.2, 0.25) is 10.0 Å². The van der Waals surface area contributed by atoms with Gasteiger partial charge in [-0.05, 0) is 77.6 Å². The van der Waals surface area contributed by atoms with Crippen LogP contribution in [0.2, 0.25) is 5.02 Å². The molecule has 0 amide bonds. The van der Waals surface area contributed by atoms with E-state index in [4.69, 9.17) is 21.5 Å². The third kappa shape index (κ3) is 2.94. The Morgan fingerprint density at radius 2 is 1.69 bits per heavy atom. The van der Waals surface area contributed by atoms with Crippen LogP contribution in [0.5, 0.6) is 5.75 Å². The van der Waals surface area contributed by atoms with E-state index in [0.717, 1.165) is 24.0 Å². The van der Waals surface area contributed by atoms with E-state index >= 15 is 0 Å². The number of ether oxygens (including phenoxy) is 1. The monoisotopic (exact) mass is 389 g/mol. The highest BCUT2D eigenvalue weighted by Crippen LogP contribution is 2.66. The molecule has 1 fully saturated rings. The molecule has 1 saturated carbocycles. The maximum atomic E-state index is 11.5. The number of primary sulfonamides is 1. The molecule has 0 unspecified atom stereocenters. The molecule has 4 nitrogen and oxygen atoms in total. The van der Waals surface area contributed by atoms with Crippen LogP contribution in [0.4, 0.5) is 0 Å². The Morgan fingerprint density at radius 3 is 2.23 bits per heavy atom. The van der Waals surface area contributed by atoms with Crippen molar-refractivity contribution >= 4 is 32.8 Å². The summed E-state index contributed by atoms with van der Waals surface area (Å²) in [4.78, 5) is 0.134. The van der Waals surface area contributed by atoms with Crippen molar-refractivity contribution < 1.29 is 13.2 Å². The molecule has 0 atom stereocenters. The highest BCUT2D eigenvalue weighted by atomic mass is 35.5. The first kappa shape index (κ1) is 17.6. The summed E-state index contributed by atoms with van der Waals surface area (Å²) >= 11 is 6.36. The average Bonchev–Trinajstić information content (AvgIpc) is 3.27. The number of hydrogen-bond acceptors (Lipinski definition) is 3. The second kappa shape index (κ2) is 6.12. The van der Waals surface area contributed by atoms with Crippen molar-refractivity contribution in [3.05, 3.63) is 58.6 Å². The van der Waals surface area contributed by atoms with Crippen LogP contribution in [-0.4, -0.2) is 15.5 Å². The zero-order valence-corrected chi connectivity index (χ0v) is 16.0. The number of methoxy groups -OCH3 is 1. The van der Waals surface area contributed by atoms with Gasteiger partial charge in [-0.2, -0.15) is 0 Å². The molecular weight excluding hydrogens is 370 g/mol. The minimum Gasteiger partial charge on any atom is -0.495 e. The van der Waals surface area contributed by atoms with Crippen LogP contribution in [0, 0.1) is 5.41 Å². The molecule has 4 rings (SSSR count). The Bertz CT molecular complexity index is 1010. The Kier molecular flexibility index (Phi) is 4.14. The largest absolute Gasteiger partial charge is 0.495 e. The number of sulfonamides is 1. The summed E-state index contributed by atoms with van der Waals surface area (Å²) in [7, 11) is -2.07. The van der Waals surface area contributed by atoms with Gasteiger partial charge in [-0.1, -0.05) is 29.8 Å². The number of benzene rings is 2. The Morgan fingerprint density at radius 1 is 1.04 bits per heavy atom. The first-order valence-corrected chi connectivity index (χ1v) is 10.5. The Labute approximate surface area is 158 Å². The summed E-state index contributed by atoms with van der Waals surface area (Å²) < 4.78 is 28.3. The summed E-state index contributed by atoms with van der Waals surface area (Å²) in [6.45, 7) is 0. The summed E-state index contributed by atoms with van der Waals surface area (Å²) in [6, 6.07) is 12.8. The van der Waals surface area contributed by atoms with E-state index in [1.807, 2.05) is 24.3 Å². The minimum absolute atomic E-state index is 0.134. The van der Waals surface area contributed by atoms with Gasteiger partial charge < -0.3 is 4.74 Å². The number of nitrogens with two attached hydrogens (primary N) is 1. The lowest BCUT2D eigenvalue weighted by Gasteiger charge is -2.16. The van der Waals surface area contributed by atoms with E-state index in [9.17, 15) is 8.42 Å². The van der Waals surface area contributed by atoms with Crippen molar-refractivity contribution in [1.29, 1.82) is 0 Å². The quantitative estimate of drug-likeness (QED) is 0.838. The topological polar surface area (TPSA) is 69.4 Å². The molecule has 2 aliphatic carbocycles. The van der Waals surface area contributed by atoms with E-state index in [2.05, 4.69) is 6.07 Å². The lowest BCUT2D eigenvalue weighted by molar-refractivity contribution is 0.415. The van der Waals surface area contributed by atoms with E-state index in [1.54, 1.807) is 19.2 Å². The minimum atomic E-state index is -3.68. The van der Waals surface area contributed by atoms with Crippen molar-refractivity contribution in [2.75, 3.05) is 7.11 Å². The molecule has 0 heterocycles. The van der Waals surface area contributed by atoms with E-state index < -0.39 is 10.0 Å². The van der Waals surface area contributed by atoms with Crippen LogP contribution in [0.25, 0.3) is 11.1 Å². The molecule has 26 heavy (non-hydrogen) atoms. The molecule has 2 aromatic carbocycles. The van der Waals surface area contributed by atoms with Crippen molar-refractivity contribution in [2.24, 2.45) is 10.6 Å². The lowest BCUT2D eigenvalue weighted by Crippen LogP contribution is -2.11. The number of allylic oxidation sites excluding steroid dienone is 2. The number of hydrogen-bond donors (Lipinski definition) is 1. The molecule has 2 aromatic rings. The summed E-state index contributed by atoms with van der Waals surface area (Å²) in [5.74, 6) is 0.665. The van der Waals surface area contributed by atoms with Gasteiger partial charge in [0.1, 0.15) is 5.75 Å². The fraction of sp³-hybridized carbons (Fsp3) is 0.300. The van der Waals surface area contributed by atoms with E-state index in [0.29, 0.717) is 10.8 Å². The number of rotatable bonds is 4. The first-order valence-electron chi connectivity index (χ1n) is 8.55. The summed E-state index contributed by atoms with van der Waals surface area (Å²) in [5, 5.41) is 5.81. The molecule has 2 aliphatic rings. The normalized spacial score (nSPS) is 18.4. The lowest BCUT2D eigenvalue weighted by atomic mass is 9.89. The van der Waals surface area contributed by atoms with Crippen molar-refractivity contribution in [2.45, 2.75) is 30.6 Å². The Balaban J connectivity index is 1.82. The predicted octanol–water partition coefficient (Wildman–Crippen LogP) is 4.48. The molecule has 6 heteroatoms. The van der Waals surface area contributed by atoms with Crippen LogP contribution >= 0.6 is 11.6 Å². The van der Waals surface area contributed by atoms with Gasteiger partial charge >= 0.3 is 0 Å². The van der Waals surface area contributed by atoms with Crippen LogP contribution in [0.1, 0.15) is 36.8 Å². The smallest absolute Gasteiger partial charge is 0.238 e. The van der Waals surface area contributed by atoms with Crippen LogP contribution in [0.15, 0.2) is 47.4 Å². The zero-order valence-electron chi connectivity index (χ0n) is 14.5. The third-order valence-electron chi connectivity index (χ3n) is 5.51. The van der Waals surface area contributed by atoms with Gasteiger partial charge in [0, 0.05) is 0 Å². The maximum absolute atomic E-state index is 11.5. The molecule has 136 valence electrons. The van der Waals surface area contributed by atoms with Gasteiger partial charge in [-0.25, -0.2) is 13.6 Å². The van der Waals surface area contributed by atoms with Crippen molar-refractivity contribution in [3.63, 3.8) is 0 Å². The standard InChI is InChI=1S/C20H20ClNO3S/c1-25-18-7-4-14(12-17(18)21)19-16(8-9-20(19)10-11-20)13-2-5-15(6-3-13)26(22,23)24/h2-7,12H,8-11H2,1H3,(H2,22,23,24).